The molecule has 0 radical (unpaired) electrons. The van der Waals surface area contributed by atoms with Crippen LogP contribution in [0.25, 0.3) is 0 Å². The van der Waals surface area contributed by atoms with E-state index in [4.69, 9.17) is 11.6 Å². The van der Waals surface area contributed by atoms with Gasteiger partial charge < -0.3 is 10.2 Å². The molecule has 0 unspecified atom stereocenters. The molecule has 0 aliphatic carbocycles. The minimum atomic E-state index is -0.287. The average molecular weight is 437 g/mol. The van der Waals surface area contributed by atoms with Crippen LogP contribution in [0, 0.1) is 6.92 Å². The van der Waals surface area contributed by atoms with Crippen molar-refractivity contribution in [2.75, 3.05) is 13.1 Å². The van der Waals surface area contributed by atoms with Crippen LogP contribution in [0.5, 0.6) is 0 Å². The highest BCUT2D eigenvalue weighted by atomic mass is 35.5. The quantitative estimate of drug-likeness (QED) is 0.638. The number of fused-ring (bicyclic) bond motifs is 1. The highest BCUT2D eigenvalue weighted by Crippen LogP contribution is 2.18. The van der Waals surface area contributed by atoms with Gasteiger partial charge >= 0.3 is 0 Å². The lowest BCUT2D eigenvalue weighted by Crippen LogP contribution is -2.30. The Labute approximate surface area is 186 Å². The van der Waals surface area contributed by atoms with Crippen LogP contribution < -0.4 is 5.32 Å². The van der Waals surface area contributed by atoms with Crippen LogP contribution in [0.4, 0.5) is 0 Å². The van der Waals surface area contributed by atoms with Gasteiger partial charge in [0.15, 0.2) is 5.69 Å². The fourth-order valence-electron chi connectivity index (χ4n) is 3.71. The topological polar surface area (TPSA) is 67.2 Å². The number of hydrogen-bond donors (Lipinski definition) is 1. The summed E-state index contributed by atoms with van der Waals surface area (Å²) in [7, 11) is 0. The van der Waals surface area contributed by atoms with Gasteiger partial charge in [0.05, 0.1) is 0 Å². The molecule has 0 atom stereocenters. The zero-order valence-electron chi connectivity index (χ0n) is 17.5. The summed E-state index contributed by atoms with van der Waals surface area (Å²) >= 11 is 6.17. The molecule has 0 fully saturated rings. The molecule has 4 rings (SSSR count). The Morgan fingerprint density at radius 1 is 1.13 bits per heavy atom. The summed E-state index contributed by atoms with van der Waals surface area (Å²) in [6.07, 6.45) is 1.42. The third kappa shape index (κ3) is 4.97. The summed E-state index contributed by atoms with van der Waals surface area (Å²) in [5, 5.41) is 7.95. The largest absolute Gasteiger partial charge is 0.350 e. The van der Waals surface area contributed by atoms with Gasteiger partial charge in [-0.1, -0.05) is 59.6 Å². The predicted molar refractivity (Wildman–Crippen MR) is 120 cm³/mol. The van der Waals surface area contributed by atoms with Gasteiger partial charge in [0.25, 0.3) is 11.8 Å². The summed E-state index contributed by atoms with van der Waals surface area (Å²) in [6.45, 7) is 4.30. The van der Waals surface area contributed by atoms with E-state index in [-0.39, 0.29) is 17.5 Å². The molecule has 3 aromatic rings. The van der Waals surface area contributed by atoms with Gasteiger partial charge in [0.1, 0.15) is 5.69 Å². The Bertz CT molecular complexity index is 1090. The van der Waals surface area contributed by atoms with E-state index >= 15 is 0 Å². The number of nitrogens with zero attached hydrogens (tertiary/aromatic N) is 3. The molecule has 7 heteroatoms. The molecule has 2 heterocycles. The van der Waals surface area contributed by atoms with Crippen molar-refractivity contribution < 1.29 is 9.59 Å². The van der Waals surface area contributed by atoms with Crippen molar-refractivity contribution in [2.24, 2.45) is 0 Å². The monoisotopic (exact) mass is 436 g/mol. The maximum absolute atomic E-state index is 13.1. The van der Waals surface area contributed by atoms with Crippen LogP contribution in [0.1, 0.15) is 44.1 Å². The summed E-state index contributed by atoms with van der Waals surface area (Å²) in [5.74, 6) is -0.383. The predicted octanol–water partition coefficient (Wildman–Crippen LogP) is 3.86. The van der Waals surface area contributed by atoms with E-state index in [2.05, 4.69) is 10.4 Å². The second-order valence-corrected chi connectivity index (χ2v) is 8.21. The van der Waals surface area contributed by atoms with Gasteiger partial charge in [-0.25, -0.2) is 0 Å². The maximum Gasteiger partial charge on any atom is 0.272 e. The molecule has 160 valence electrons. The summed E-state index contributed by atoms with van der Waals surface area (Å²) in [5.41, 5.74) is 3.98. The molecular formula is C24H25ClN4O2. The number of amides is 2. The van der Waals surface area contributed by atoms with E-state index in [1.807, 2.05) is 60.4 Å². The van der Waals surface area contributed by atoms with Gasteiger partial charge in [-0.05, 0) is 37.0 Å². The van der Waals surface area contributed by atoms with Crippen molar-refractivity contribution in [1.29, 1.82) is 0 Å². The fourth-order valence-corrected chi connectivity index (χ4v) is 3.94. The third-order valence-corrected chi connectivity index (χ3v) is 5.82. The van der Waals surface area contributed by atoms with Crippen LogP contribution in [0.15, 0.2) is 54.6 Å². The Hall–Kier alpha value is -3.12. The van der Waals surface area contributed by atoms with Gasteiger partial charge in [-0.3, -0.25) is 14.3 Å². The smallest absolute Gasteiger partial charge is 0.272 e. The zero-order chi connectivity index (χ0) is 21.8. The van der Waals surface area contributed by atoms with Gasteiger partial charge in [0.2, 0.25) is 0 Å². The first kappa shape index (κ1) is 21.1. The molecule has 0 spiro atoms. The molecule has 1 aromatic heterocycles. The molecule has 0 saturated carbocycles. The van der Waals surface area contributed by atoms with Crippen molar-refractivity contribution in [3.05, 3.63) is 87.7 Å². The first-order valence-corrected chi connectivity index (χ1v) is 10.8. The van der Waals surface area contributed by atoms with E-state index < -0.39 is 0 Å². The van der Waals surface area contributed by atoms with Gasteiger partial charge in [-0.15, -0.1) is 0 Å². The SMILES string of the molecule is Cc1ccc(CN2CCCn3nc(C(=O)NCCc4ccccc4Cl)cc3C2=O)cc1. The molecule has 0 bridgehead atoms. The summed E-state index contributed by atoms with van der Waals surface area (Å²) in [6, 6.07) is 17.4. The number of halogens is 1. The van der Waals surface area contributed by atoms with Crippen LogP contribution in [0.2, 0.25) is 5.02 Å². The molecule has 2 amide bonds. The third-order valence-electron chi connectivity index (χ3n) is 5.45. The van der Waals surface area contributed by atoms with Gasteiger partial charge in [-0.2, -0.15) is 5.10 Å². The van der Waals surface area contributed by atoms with E-state index in [1.165, 1.54) is 5.56 Å². The first-order valence-electron chi connectivity index (χ1n) is 10.5. The van der Waals surface area contributed by atoms with Gasteiger partial charge in [0, 0.05) is 37.3 Å². The molecule has 6 nitrogen and oxygen atoms in total. The summed E-state index contributed by atoms with van der Waals surface area (Å²) in [4.78, 5) is 27.5. The summed E-state index contributed by atoms with van der Waals surface area (Å²) < 4.78 is 1.65. The van der Waals surface area contributed by atoms with E-state index in [0.717, 1.165) is 17.5 Å². The number of benzene rings is 2. The molecular weight excluding hydrogens is 412 g/mol. The van der Waals surface area contributed by atoms with Crippen LogP contribution in [-0.2, 0) is 19.5 Å². The number of rotatable bonds is 6. The Balaban J connectivity index is 1.41. The molecule has 1 N–H and O–H groups in total. The van der Waals surface area contributed by atoms with Crippen LogP contribution in [0.3, 0.4) is 0 Å². The highest BCUT2D eigenvalue weighted by molar-refractivity contribution is 6.31. The van der Waals surface area contributed by atoms with Crippen molar-refractivity contribution in [3.8, 4) is 0 Å². The normalized spacial score (nSPS) is 13.6. The van der Waals surface area contributed by atoms with Crippen molar-refractivity contribution in [1.82, 2.24) is 20.0 Å². The Morgan fingerprint density at radius 2 is 1.90 bits per heavy atom. The van der Waals surface area contributed by atoms with Crippen LogP contribution >= 0.6 is 11.6 Å². The van der Waals surface area contributed by atoms with E-state index in [9.17, 15) is 9.59 Å². The minimum Gasteiger partial charge on any atom is -0.350 e. The highest BCUT2D eigenvalue weighted by Gasteiger charge is 2.26. The Morgan fingerprint density at radius 3 is 2.68 bits per heavy atom. The number of aryl methyl sites for hydroxylation is 2. The lowest BCUT2D eigenvalue weighted by molar-refractivity contribution is 0.0745. The first-order chi connectivity index (χ1) is 15.0. The second kappa shape index (κ2) is 9.35. The molecule has 1 aliphatic rings. The Kier molecular flexibility index (Phi) is 6.37. The van der Waals surface area contributed by atoms with Crippen molar-refractivity contribution >= 4 is 23.4 Å². The lowest BCUT2D eigenvalue weighted by Gasteiger charge is -2.20. The number of aromatic nitrogens is 2. The number of hydrogen-bond acceptors (Lipinski definition) is 3. The fraction of sp³-hybridized carbons (Fsp3) is 0.292. The zero-order valence-corrected chi connectivity index (χ0v) is 18.2. The van der Waals surface area contributed by atoms with E-state index in [1.54, 1.807) is 10.7 Å². The van der Waals surface area contributed by atoms with E-state index in [0.29, 0.717) is 43.3 Å². The molecule has 31 heavy (non-hydrogen) atoms. The standard InChI is InChI=1S/C24H25ClN4O2/c1-17-7-9-18(10-8-17)16-28-13-4-14-29-22(24(28)31)15-21(27-29)23(30)26-12-11-19-5-2-3-6-20(19)25/h2-3,5-10,15H,4,11-14,16H2,1H3,(H,26,30). The molecule has 0 saturated heterocycles. The average Bonchev–Trinajstić information content (AvgIpc) is 3.14. The number of carbonyl (C=O) groups is 2. The molecule has 1 aliphatic heterocycles. The second-order valence-electron chi connectivity index (χ2n) is 7.80. The van der Waals surface area contributed by atoms with Crippen molar-refractivity contribution in [3.63, 3.8) is 0 Å². The maximum atomic E-state index is 13.1. The van der Waals surface area contributed by atoms with Crippen LogP contribution in [-0.4, -0.2) is 39.6 Å². The molecule has 2 aromatic carbocycles. The lowest BCUT2D eigenvalue weighted by atomic mass is 10.1. The number of nitrogens with one attached hydrogen (secondary N) is 1. The van der Waals surface area contributed by atoms with Crippen molar-refractivity contribution in [2.45, 2.75) is 32.9 Å². The number of carbonyl (C=O) groups excluding carboxylic acids is 2. The minimum absolute atomic E-state index is 0.0966.